The molecule has 0 amide bonds. The van der Waals surface area contributed by atoms with E-state index in [0.717, 1.165) is 23.5 Å². The predicted octanol–water partition coefficient (Wildman–Crippen LogP) is 0.495. The van der Waals surface area contributed by atoms with E-state index in [-0.39, 0.29) is 24.5 Å². The van der Waals surface area contributed by atoms with Crippen LogP contribution in [0.2, 0.25) is 0 Å². The molecular formula is C17H25N3O7S2. The summed E-state index contributed by atoms with van der Waals surface area (Å²) in [7, 11) is -7.55. The topological polar surface area (TPSA) is 127 Å². The van der Waals surface area contributed by atoms with Gasteiger partial charge >= 0.3 is 0 Å². The van der Waals surface area contributed by atoms with Gasteiger partial charge in [-0.25, -0.2) is 16.8 Å². The highest BCUT2D eigenvalue weighted by molar-refractivity contribution is 7.92. The first-order chi connectivity index (χ1) is 13.7. The average Bonchev–Trinajstić information content (AvgIpc) is 3.05. The van der Waals surface area contributed by atoms with E-state index >= 15 is 0 Å². The Morgan fingerprint density at radius 1 is 1.24 bits per heavy atom. The van der Waals surface area contributed by atoms with Gasteiger partial charge in [0.2, 0.25) is 10.0 Å². The lowest BCUT2D eigenvalue weighted by atomic mass is 10.2. The molecule has 1 aromatic carbocycles. The van der Waals surface area contributed by atoms with Gasteiger partial charge < -0.3 is 4.74 Å². The van der Waals surface area contributed by atoms with Crippen molar-refractivity contribution in [1.29, 1.82) is 0 Å². The van der Waals surface area contributed by atoms with Crippen LogP contribution in [0.1, 0.15) is 12.8 Å². The number of ether oxygens (including phenoxy) is 1. The Balaban J connectivity index is 1.84. The molecule has 2 fully saturated rings. The minimum Gasteiger partial charge on any atom is -0.379 e. The molecule has 0 bridgehead atoms. The summed E-state index contributed by atoms with van der Waals surface area (Å²) in [4.78, 5) is 12.4. The van der Waals surface area contributed by atoms with Gasteiger partial charge in [-0.1, -0.05) is 12.1 Å². The van der Waals surface area contributed by atoms with Gasteiger partial charge in [0.25, 0.3) is 5.69 Å². The monoisotopic (exact) mass is 447 g/mol. The summed E-state index contributed by atoms with van der Waals surface area (Å²) in [6.45, 7) is 3.51. The zero-order valence-electron chi connectivity index (χ0n) is 16.0. The van der Waals surface area contributed by atoms with Gasteiger partial charge in [0.15, 0.2) is 14.7 Å². The van der Waals surface area contributed by atoms with Crippen molar-refractivity contribution < 1.29 is 26.5 Å². The molecule has 0 spiro atoms. The van der Waals surface area contributed by atoms with E-state index in [4.69, 9.17) is 4.74 Å². The van der Waals surface area contributed by atoms with Crippen LogP contribution in [0.25, 0.3) is 0 Å². The molecule has 2 saturated heterocycles. The SMILES string of the molecule is O=[N+]([O-])c1ccccc1S(=O)(=O)N(CCCN1CCOCC1)C1CCS(=O)(=O)C1. The molecule has 0 radical (unpaired) electrons. The Kier molecular flexibility index (Phi) is 6.89. The molecule has 2 aliphatic heterocycles. The van der Waals surface area contributed by atoms with E-state index < -0.39 is 41.4 Å². The highest BCUT2D eigenvalue weighted by Crippen LogP contribution is 2.30. The van der Waals surface area contributed by atoms with Crippen LogP contribution >= 0.6 is 0 Å². The van der Waals surface area contributed by atoms with Crippen molar-refractivity contribution in [2.75, 3.05) is 50.9 Å². The zero-order chi connectivity index (χ0) is 21.1. The summed E-state index contributed by atoms with van der Waals surface area (Å²) in [6, 6.07) is 4.46. The first-order valence-electron chi connectivity index (χ1n) is 9.46. The minimum atomic E-state index is -4.23. The summed E-state index contributed by atoms with van der Waals surface area (Å²) in [6.07, 6.45) is 0.691. The maximum Gasteiger partial charge on any atom is 0.289 e. The van der Waals surface area contributed by atoms with Gasteiger partial charge in [-0.05, 0) is 25.5 Å². The van der Waals surface area contributed by atoms with Crippen molar-refractivity contribution in [3.05, 3.63) is 34.4 Å². The third-order valence-electron chi connectivity index (χ3n) is 5.22. The molecule has 0 saturated carbocycles. The molecule has 12 heteroatoms. The van der Waals surface area contributed by atoms with Crippen molar-refractivity contribution in [1.82, 2.24) is 9.21 Å². The number of sulfone groups is 1. The van der Waals surface area contributed by atoms with Crippen LogP contribution in [0.15, 0.2) is 29.2 Å². The number of para-hydroxylation sites is 1. The third kappa shape index (κ3) is 5.31. The summed E-state index contributed by atoms with van der Waals surface area (Å²) in [5.74, 6) is -0.339. The highest BCUT2D eigenvalue weighted by Gasteiger charge is 2.40. The molecule has 10 nitrogen and oxygen atoms in total. The molecular weight excluding hydrogens is 422 g/mol. The zero-order valence-corrected chi connectivity index (χ0v) is 17.6. The van der Waals surface area contributed by atoms with E-state index in [1.807, 2.05) is 0 Å². The largest absolute Gasteiger partial charge is 0.379 e. The maximum absolute atomic E-state index is 13.3. The Morgan fingerprint density at radius 2 is 1.93 bits per heavy atom. The molecule has 1 unspecified atom stereocenters. The highest BCUT2D eigenvalue weighted by atomic mass is 32.2. The van der Waals surface area contributed by atoms with Crippen LogP contribution in [-0.4, -0.2) is 87.9 Å². The molecule has 1 aromatic rings. The Hall–Kier alpha value is -1.60. The summed E-state index contributed by atoms with van der Waals surface area (Å²) < 4.78 is 57.0. The van der Waals surface area contributed by atoms with E-state index in [0.29, 0.717) is 26.2 Å². The molecule has 0 aromatic heterocycles. The van der Waals surface area contributed by atoms with Gasteiger partial charge in [0.1, 0.15) is 0 Å². The quantitative estimate of drug-likeness (QED) is 0.416. The second-order valence-electron chi connectivity index (χ2n) is 7.21. The Labute approximate surface area is 170 Å². The first-order valence-corrected chi connectivity index (χ1v) is 12.7. The number of hydrogen-bond donors (Lipinski definition) is 0. The lowest BCUT2D eigenvalue weighted by Crippen LogP contribution is -2.43. The summed E-state index contributed by atoms with van der Waals surface area (Å²) in [5, 5.41) is 11.3. The fraction of sp³-hybridized carbons (Fsp3) is 0.647. The molecule has 162 valence electrons. The summed E-state index contributed by atoms with van der Waals surface area (Å²) in [5.41, 5.74) is -0.508. The second-order valence-corrected chi connectivity index (χ2v) is 11.3. The Morgan fingerprint density at radius 3 is 2.55 bits per heavy atom. The maximum atomic E-state index is 13.3. The molecule has 2 aliphatic rings. The lowest BCUT2D eigenvalue weighted by Gasteiger charge is -2.30. The van der Waals surface area contributed by atoms with E-state index in [1.165, 1.54) is 18.2 Å². The number of benzene rings is 1. The van der Waals surface area contributed by atoms with Crippen LogP contribution in [0, 0.1) is 10.1 Å². The lowest BCUT2D eigenvalue weighted by molar-refractivity contribution is -0.387. The van der Waals surface area contributed by atoms with Gasteiger partial charge in [-0.3, -0.25) is 15.0 Å². The fourth-order valence-electron chi connectivity index (χ4n) is 3.73. The smallest absolute Gasteiger partial charge is 0.289 e. The molecule has 1 atom stereocenters. The minimum absolute atomic E-state index is 0.0793. The average molecular weight is 448 g/mol. The van der Waals surface area contributed by atoms with Gasteiger partial charge in [0, 0.05) is 31.7 Å². The Bertz CT molecular complexity index is 944. The van der Waals surface area contributed by atoms with Gasteiger partial charge in [-0.15, -0.1) is 0 Å². The second kappa shape index (κ2) is 9.04. The van der Waals surface area contributed by atoms with E-state index in [9.17, 15) is 26.9 Å². The van der Waals surface area contributed by atoms with Crippen LogP contribution in [-0.2, 0) is 24.6 Å². The number of nitro groups is 1. The van der Waals surface area contributed by atoms with Gasteiger partial charge in [0.05, 0.1) is 29.6 Å². The predicted molar refractivity (Wildman–Crippen MR) is 106 cm³/mol. The van der Waals surface area contributed by atoms with Crippen molar-refractivity contribution in [2.24, 2.45) is 0 Å². The van der Waals surface area contributed by atoms with E-state index in [1.54, 1.807) is 0 Å². The molecule has 0 N–H and O–H groups in total. The molecule has 29 heavy (non-hydrogen) atoms. The number of nitro benzene ring substituents is 1. The van der Waals surface area contributed by atoms with Crippen molar-refractivity contribution >= 4 is 25.5 Å². The van der Waals surface area contributed by atoms with Crippen LogP contribution in [0.5, 0.6) is 0 Å². The number of morpholine rings is 1. The third-order valence-corrected chi connectivity index (χ3v) is 8.97. The van der Waals surface area contributed by atoms with Crippen molar-refractivity contribution in [3.8, 4) is 0 Å². The number of rotatable bonds is 8. The number of nitrogens with zero attached hydrogens (tertiary/aromatic N) is 3. The molecule has 0 aliphatic carbocycles. The van der Waals surface area contributed by atoms with Gasteiger partial charge in [-0.2, -0.15) is 4.31 Å². The van der Waals surface area contributed by atoms with Crippen molar-refractivity contribution in [2.45, 2.75) is 23.8 Å². The van der Waals surface area contributed by atoms with E-state index in [2.05, 4.69) is 4.90 Å². The fourth-order valence-corrected chi connectivity index (χ4v) is 7.41. The standard InChI is InChI=1S/C17H25N3O7S2/c21-20(22)16-4-1-2-5-17(16)29(25,26)19(15-6-13-28(23,24)14-15)8-3-7-18-9-11-27-12-10-18/h1-2,4-5,15H,3,6-14H2. The van der Waals surface area contributed by atoms with Crippen LogP contribution in [0.3, 0.4) is 0 Å². The first kappa shape index (κ1) is 22.1. The van der Waals surface area contributed by atoms with Crippen molar-refractivity contribution in [3.63, 3.8) is 0 Å². The number of hydrogen-bond acceptors (Lipinski definition) is 8. The molecule has 2 heterocycles. The van der Waals surface area contributed by atoms with Crippen LogP contribution < -0.4 is 0 Å². The van der Waals surface area contributed by atoms with Crippen LogP contribution in [0.4, 0.5) is 5.69 Å². The molecule has 3 rings (SSSR count). The summed E-state index contributed by atoms with van der Waals surface area (Å²) >= 11 is 0. The number of sulfonamides is 1. The normalized spacial score (nSPS) is 22.7.